The topological polar surface area (TPSA) is 40.9 Å². The lowest BCUT2D eigenvalue weighted by Crippen LogP contribution is -2.37. The molecule has 4 heterocycles. The summed E-state index contributed by atoms with van der Waals surface area (Å²) in [6.45, 7) is 17.3. The van der Waals surface area contributed by atoms with Crippen molar-refractivity contribution in [3.8, 4) is 0 Å². The number of fused-ring (bicyclic) bond motifs is 1. The first-order valence-electron chi connectivity index (χ1n) is 12.7. The number of allylic oxidation sites excluding steroid dienone is 4. The fraction of sp³-hybridized carbons (Fsp3) is 0.448. The summed E-state index contributed by atoms with van der Waals surface area (Å²) in [4.78, 5) is 22.4. The van der Waals surface area contributed by atoms with Crippen LogP contribution in [-0.4, -0.2) is 38.3 Å². The summed E-state index contributed by atoms with van der Waals surface area (Å²) in [5.41, 5.74) is 5.13. The molecule has 4 rings (SSSR count). The van der Waals surface area contributed by atoms with Crippen molar-refractivity contribution in [1.82, 2.24) is 19.2 Å². The maximum Gasteiger partial charge on any atom is 0.258 e. The first kappa shape index (κ1) is 25.5. The van der Waals surface area contributed by atoms with Gasteiger partial charge in [0.05, 0.1) is 16.4 Å². The van der Waals surface area contributed by atoms with Crippen LogP contribution < -0.4 is 5.56 Å². The molecular formula is C29H37ClN4O. The van der Waals surface area contributed by atoms with Gasteiger partial charge in [-0.05, 0) is 82.7 Å². The van der Waals surface area contributed by atoms with Crippen molar-refractivity contribution in [2.75, 3.05) is 13.1 Å². The van der Waals surface area contributed by atoms with Gasteiger partial charge in [-0.1, -0.05) is 43.7 Å². The van der Waals surface area contributed by atoms with Crippen LogP contribution in [0.1, 0.15) is 71.1 Å². The molecule has 0 bridgehead atoms. The highest BCUT2D eigenvalue weighted by atomic mass is 35.5. The van der Waals surface area contributed by atoms with Crippen molar-refractivity contribution in [3.05, 3.63) is 87.4 Å². The second-order valence-corrected chi connectivity index (χ2v) is 10.6. The van der Waals surface area contributed by atoms with Crippen LogP contribution in [0.3, 0.4) is 0 Å². The number of piperidine rings is 1. The Morgan fingerprint density at radius 3 is 2.63 bits per heavy atom. The average molecular weight is 493 g/mol. The Bertz CT molecular complexity index is 1260. The van der Waals surface area contributed by atoms with Crippen molar-refractivity contribution >= 4 is 22.8 Å². The monoisotopic (exact) mass is 492 g/mol. The van der Waals surface area contributed by atoms with Crippen LogP contribution in [0.2, 0.25) is 0 Å². The van der Waals surface area contributed by atoms with Gasteiger partial charge >= 0.3 is 0 Å². The molecule has 2 aromatic rings. The molecule has 5 nitrogen and oxygen atoms in total. The Kier molecular flexibility index (Phi) is 7.67. The van der Waals surface area contributed by atoms with E-state index in [1.807, 2.05) is 29.4 Å². The van der Waals surface area contributed by atoms with E-state index in [0.29, 0.717) is 39.9 Å². The Morgan fingerprint density at radius 2 is 1.97 bits per heavy atom. The van der Waals surface area contributed by atoms with Crippen LogP contribution in [0, 0.1) is 5.92 Å². The van der Waals surface area contributed by atoms with Crippen LogP contribution in [-0.2, 0) is 0 Å². The van der Waals surface area contributed by atoms with E-state index in [1.165, 1.54) is 11.1 Å². The minimum Gasteiger partial charge on any atom is -0.322 e. The molecule has 1 unspecified atom stereocenters. The van der Waals surface area contributed by atoms with Gasteiger partial charge in [0, 0.05) is 36.3 Å². The van der Waals surface area contributed by atoms with E-state index in [1.54, 1.807) is 10.5 Å². The van der Waals surface area contributed by atoms with Gasteiger partial charge in [0.15, 0.2) is 0 Å². The highest BCUT2D eigenvalue weighted by Crippen LogP contribution is 2.32. The quantitative estimate of drug-likeness (QED) is 0.460. The molecule has 2 aromatic heterocycles. The molecule has 1 fully saturated rings. The van der Waals surface area contributed by atoms with Gasteiger partial charge in [-0.25, -0.2) is 4.98 Å². The maximum absolute atomic E-state index is 13.1. The first-order valence-corrected chi connectivity index (χ1v) is 13.1. The molecule has 0 radical (unpaired) electrons. The van der Waals surface area contributed by atoms with E-state index in [0.717, 1.165) is 37.9 Å². The third kappa shape index (κ3) is 5.46. The number of hydrogen-bond acceptors (Lipinski definition) is 4. The van der Waals surface area contributed by atoms with Crippen molar-refractivity contribution in [1.29, 1.82) is 0 Å². The van der Waals surface area contributed by atoms with Crippen LogP contribution in [0.25, 0.3) is 11.2 Å². The lowest BCUT2D eigenvalue weighted by Gasteiger charge is -2.34. The third-order valence-corrected chi connectivity index (χ3v) is 7.92. The second-order valence-electron chi connectivity index (χ2n) is 10.2. The summed E-state index contributed by atoms with van der Waals surface area (Å²) >= 11 is 6.53. The smallest absolute Gasteiger partial charge is 0.258 e. The average Bonchev–Trinajstić information content (AvgIpc) is 2.85. The number of aromatic nitrogens is 2. The van der Waals surface area contributed by atoms with E-state index in [9.17, 15) is 4.79 Å². The van der Waals surface area contributed by atoms with Crippen LogP contribution in [0.15, 0.2) is 70.5 Å². The van der Waals surface area contributed by atoms with Gasteiger partial charge < -0.3 is 9.80 Å². The second kappa shape index (κ2) is 10.5. The normalized spacial score (nSPS) is 19.3. The molecule has 0 saturated carbocycles. The van der Waals surface area contributed by atoms with Crippen molar-refractivity contribution in [2.24, 2.45) is 5.92 Å². The minimum absolute atomic E-state index is 0.0841. The first-order chi connectivity index (χ1) is 16.7. The highest BCUT2D eigenvalue weighted by Gasteiger charge is 2.23. The summed E-state index contributed by atoms with van der Waals surface area (Å²) < 4.78 is 1.67. The molecule has 0 N–H and O–H groups in total. The zero-order chi connectivity index (χ0) is 25.3. The Morgan fingerprint density at radius 1 is 1.26 bits per heavy atom. The van der Waals surface area contributed by atoms with Crippen molar-refractivity contribution in [2.45, 2.75) is 65.8 Å². The zero-order valence-corrected chi connectivity index (χ0v) is 22.3. The van der Waals surface area contributed by atoms with E-state index in [4.69, 9.17) is 16.6 Å². The van der Waals surface area contributed by atoms with Crippen LogP contribution in [0.4, 0.5) is 0 Å². The standard InChI is InChI=1S/C29H37ClN4O/c1-7-20(4)21(5)16-33-17-25(14-26(30)22(33)6)27-15-29(35)34-18-24(8-9-28(34)31-27)23-10-12-32(13-11-23)19(2)3/h8-9,14-20,23H,6-7,10-13H2,1-5H3/b21-16-. The van der Waals surface area contributed by atoms with Crippen LogP contribution in [0.5, 0.6) is 0 Å². The Hall–Kier alpha value is -2.63. The molecule has 0 spiro atoms. The predicted octanol–water partition coefficient (Wildman–Crippen LogP) is 6.53. The molecule has 1 saturated heterocycles. The molecule has 2 aliphatic rings. The lowest BCUT2D eigenvalue weighted by molar-refractivity contribution is 0.172. The van der Waals surface area contributed by atoms with Gasteiger partial charge in [-0.2, -0.15) is 0 Å². The van der Waals surface area contributed by atoms with E-state index < -0.39 is 0 Å². The SMILES string of the molecule is C=C1C(Cl)=CC(c2cc(=O)n3cc(C4CCN(C(C)C)CC4)ccc3n2)=CN1/C=C(/C)C(C)CC. The highest BCUT2D eigenvalue weighted by molar-refractivity contribution is 6.32. The van der Waals surface area contributed by atoms with Gasteiger partial charge in [-0.15, -0.1) is 0 Å². The molecular weight excluding hydrogens is 456 g/mol. The fourth-order valence-electron chi connectivity index (χ4n) is 4.79. The summed E-state index contributed by atoms with van der Waals surface area (Å²) in [5, 5.41) is 0.542. The van der Waals surface area contributed by atoms with Gasteiger partial charge in [0.2, 0.25) is 0 Å². The maximum atomic E-state index is 13.1. The predicted molar refractivity (Wildman–Crippen MR) is 146 cm³/mol. The molecule has 186 valence electrons. The number of rotatable bonds is 6. The number of hydrogen-bond donors (Lipinski definition) is 0. The largest absolute Gasteiger partial charge is 0.322 e. The van der Waals surface area contributed by atoms with Crippen LogP contribution >= 0.6 is 11.6 Å². The molecule has 35 heavy (non-hydrogen) atoms. The summed E-state index contributed by atoms with van der Waals surface area (Å²) in [7, 11) is 0. The van der Waals surface area contributed by atoms with E-state index in [-0.39, 0.29) is 5.56 Å². The van der Waals surface area contributed by atoms with E-state index in [2.05, 4.69) is 58.4 Å². The van der Waals surface area contributed by atoms with E-state index >= 15 is 0 Å². The summed E-state index contributed by atoms with van der Waals surface area (Å²) in [5.74, 6) is 0.934. The number of pyridine rings is 1. The summed E-state index contributed by atoms with van der Waals surface area (Å²) in [6.07, 6.45) is 11.1. The Labute approximate surface area is 214 Å². The van der Waals surface area contributed by atoms with Gasteiger partial charge in [0.25, 0.3) is 5.56 Å². The van der Waals surface area contributed by atoms with Crippen molar-refractivity contribution in [3.63, 3.8) is 0 Å². The molecule has 0 aromatic carbocycles. The Balaban J connectivity index is 1.64. The third-order valence-electron chi connectivity index (χ3n) is 7.59. The lowest BCUT2D eigenvalue weighted by atomic mass is 9.90. The zero-order valence-electron chi connectivity index (χ0n) is 21.6. The molecule has 2 aliphatic heterocycles. The van der Waals surface area contributed by atoms with Gasteiger partial charge in [-0.3, -0.25) is 9.20 Å². The minimum atomic E-state index is -0.0841. The molecule has 1 atom stereocenters. The number of nitrogens with zero attached hydrogens (tertiary/aromatic N) is 4. The van der Waals surface area contributed by atoms with Gasteiger partial charge in [0.1, 0.15) is 5.65 Å². The fourth-order valence-corrected chi connectivity index (χ4v) is 5.00. The number of halogens is 1. The summed E-state index contributed by atoms with van der Waals surface area (Å²) in [6, 6.07) is 6.28. The number of likely N-dealkylation sites (tertiary alicyclic amines) is 1. The van der Waals surface area contributed by atoms with Crippen molar-refractivity contribution < 1.29 is 0 Å². The molecule has 6 heteroatoms. The molecule has 0 aliphatic carbocycles. The molecule has 0 amide bonds.